The van der Waals surface area contributed by atoms with E-state index in [1.165, 1.54) is 19.3 Å². The van der Waals surface area contributed by atoms with Crippen molar-refractivity contribution in [3.05, 3.63) is 41.1 Å². The third kappa shape index (κ3) is 3.69. The Bertz CT molecular complexity index is 1120. The SMILES string of the molecule is CC(C)(C)C1CCc2nc3ccccc3c(C(=O)OCC(=O)C34CC5CC(CC(C5)C3)C4)c2C1. The van der Waals surface area contributed by atoms with E-state index in [9.17, 15) is 9.59 Å². The van der Waals surface area contributed by atoms with Crippen molar-refractivity contribution in [3.63, 3.8) is 0 Å². The molecule has 0 N–H and O–H groups in total. The van der Waals surface area contributed by atoms with Crippen LogP contribution in [-0.4, -0.2) is 23.3 Å². The van der Waals surface area contributed by atoms with Crippen LogP contribution in [-0.2, 0) is 22.4 Å². The molecule has 4 nitrogen and oxygen atoms in total. The first-order valence-corrected chi connectivity index (χ1v) is 13.3. The Morgan fingerprint density at radius 2 is 1.68 bits per heavy atom. The number of aromatic nitrogens is 1. The summed E-state index contributed by atoms with van der Waals surface area (Å²) in [7, 11) is 0. The topological polar surface area (TPSA) is 56.3 Å². The minimum atomic E-state index is -0.345. The molecule has 0 aliphatic heterocycles. The van der Waals surface area contributed by atoms with Gasteiger partial charge in [-0.25, -0.2) is 4.79 Å². The standard InChI is InChI=1S/C30H37NO3/c1-29(2,3)21-8-9-25-23(13-21)27(22-6-4-5-7-24(22)31-25)28(33)34-17-26(32)30-14-18-10-19(15-30)12-20(11-18)16-30/h4-7,18-21H,8-17H2,1-3H3. The van der Waals surface area contributed by atoms with E-state index in [4.69, 9.17) is 9.72 Å². The highest BCUT2D eigenvalue weighted by atomic mass is 16.5. The van der Waals surface area contributed by atoms with Gasteiger partial charge in [-0.3, -0.25) is 9.78 Å². The van der Waals surface area contributed by atoms with Gasteiger partial charge in [0.1, 0.15) is 0 Å². The Hall–Kier alpha value is -2.23. The minimum Gasteiger partial charge on any atom is -0.454 e. The van der Waals surface area contributed by atoms with Gasteiger partial charge in [0.25, 0.3) is 0 Å². The Labute approximate surface area is 202 Å². The fraction of sp³-hybridized carbons (Fsp3) is 0.633. The van der Waals surface area contributed by atoms with Crippen molar-refractivity contribution < 1.29 is 14.3 Å². The lowest BCUT2D eigenvalue weighted by molar-refractivity contribution is -0.147. The average Bonchev–Trinajstić information content (AvgIpc) is 2.79. The molecule has 4 heteroatoms. The quantitative estimate of drug-likeness (QED) is 0.502. The monoisotopic (exact) mass is 459 g/mol. The van der Waals surface area contributed by atoms with E-state index in [-0.39, 0.29) is 29.2 Å². The Kier molecular flexibility index (Phi) is 5.17. The number of esters is 1. The van der Waals surface area contributed by atoms with Crippen molar-refractivity contribution in [2.75, 3.05) is 6.61 Å². The van der Waals surface area contributed by atoms with Gasteiger partial charge in [-0.2, -0.15) is 0 Å². The third-order valence-electron chi connectivity index (χ3n) is 9.65. The summed E-state index contributed by atoms with van der Waals surface area (Å²) in [6.45, 7) is 6.75. The number of fused-ring (bicyclic) bond motifs is 2. The highest BCUT2D eigenvalue weighted by molar-refractivity contribution is 6.05. The summed E-state index contributed by atoms with van der Waals surface area (Å²) in [4.78, 5) is 32.0. The van der Waals surface area contributed by atoms with Gasteiger partial charge in [0.2, 0.25) is 0 Å². The van der Waals surface area contributed by atoms with Crippen LogP contribution >= 0.6 is 0 Å². The Balaban J connectivity index is 1.28. The molecule has 1 heterocycles. The molecule has 7 rings (SSSR count). The predicted molar refractivity (Wildman–Crippen MR) is 133 cm³/mol. The van der Waals surface area contributed by atoms with E-state index < -0.39 is 0 Å². The van der Waals surface area contributed by atoms with Crippen molar-refractivity contribution in [1.82, 2.24) is 4.98 Å². The van der Waals surface area contributed by atoms with Gasteiger partial charge in [0.05, 0.1) is 11.1 Å². The molecule has 4 saturated carbocycles. The second-order valence-corrected chi connectivity index (χ2v) is 12.9. The first-order chi connectivity index (χ1) is 16.2. The molecular weight excluding hydrogens is 422 g/mol. The molecule has 0 saturated heterocycles. The summed E-state index contributed by atoms with van der Waals surface area (Å²) in [5, 5.41) is 0.850. The zero-order valence-electron chi connectivity index (χ0n) is 20.9. The number of rotatable bonds is 4. The van der Waals surface area contributed by atoms with Crippen LogP contribution in [0.3, 0.4) is 0 Å². The summed E-state index contributed by atoms with van der Waals surface area (Å²) < 4.78 is 5.86. The maximum Gasteiger partial charge on any atom is 0.339 e. The predicted octanol–water partition coefficient (Wildman–Crippen LogP) is 6.33. The average molecular weight is 460 g/mol. The van der Waals surface area contributed by atoms with Crippen molar-refractivity contribution in [2.24, 2.45) is 34.5 Å². The lowest BCUT2D eigenvalue weighted by Gasteiger charge is -2.55. The molecule has 1 aromatic heterocycles. The minimum absolute atomic E-state index is 0.0842. The van der Waals surface area contributed by atoms with Gasteiger partial charge >= 0.3 is 5.97 Å². The highest BCUT2D eigenvalue weighted by Crippen LogP contribution is 2.60. The number of ketones is 1. The van der Waals surface area contributed by atoms with Crippen LogP contribution in [0.25, 0.3) is 10.9 Å². The molecule has 4 bridgehead atoms. The maximum absolute atomic E-state index is 13.6. The number of aryl methyl sites for hydroxylation is 1. The van der Waals surface area contributed by atoms with Crippen LogP contribution in [0.4, 0.5) is 0 Å². The molecular formula is C30H37NO3. The van der Waals surface area contributed by atoms with Crippen molar-refractivity contribution in [1.29, 1.82) is 0 Å². The van der Waals surface area contributed by atoms with Crippen LogP contribution in [0.5, 0.6) is 0 Å². The van der Waals surface area contributed by atoms with Gasteiger partial charge in [0, 0.05) is 16.5 Å². The molecule has 4 fully saturated rings. The van der Waals surface area contributed by atoms with Crippen molar-refractivity contribution in [3.8, 4) is 0 Å². The first kappa shape index (κ1) is 22.2. The lowest BCUT2D eigenvalue weighted by Crippen LogP contribution is -2.51. The van der Waals surface area contributed by atoms with Crippen molar-refractivity contribution in [2.45, 2.75) is 78.6 Å². The van der Waals surface area contributed by atoms with Crippen LogP contribution in [0.1, 0.15) is 87.3 Å². The molecule has 5 aliphatic rings. The second-order valence-electron chi connectivity index (χ2n) is 12.9. The van der Waals surface area contributed by atoms with E-state index in [2.05, 4.69) is 20.8 Å². The number of para-hydroxylation sites is 1. The van der Waals surface area contributed by atoms with E-state index in [1.807, 2.05) is 24.3 Å². The normalized spacial score (nSPS) is 32.0. The Morgan fingerprint density at radius 3 is 2.32 bits per heavy atom. The number of hydrogen-bond donors (Lipinski definition) is 0. The smallest absolute Gasteiger partial charge is 0.339 e. The van der Waals surface area contributed by atoms with Gasteiger partial charge < -0.3 is 4.74 Å². The molecule has 0 amide bonds. The van der Waals surface area contributed by atoms with Gasteiger partial charge in [-0.1, -0.05) is 39.0 Å². The molecule has 34 heavy (non-hydrogen) atoms. The summed E-state index contributed by atoms with van der Waals surface area (Å²) in [6, 6.07) is 7.87. The maximum atomic E-state index is 13.6. The summed E-state index contributed by atoms with van der Waals surface area (Å²) in [5.41, 5.74) is 3.49. The van der Waals surface area contributed by atoms with E-state index in [0.29, 0.717) is 29.2 Å². The second kappa shape index (κ2) is 7.90. The van der Waals surface area contributed by atoms with Crippen LogP contribution in [0, 0.1) is 34.5 Å². The number of ether oxygens (including phenoxy) is 1. The molecule has 180 valence electrons. The van der Waals surface area contributed by atoms with Crippen LogP contribution in [0.2, 0.25) is 0 Å². The van der Waals surface area contributed by atoms with Gasteiger partial charge in [-0.15, -0.1) is 0 Å². The lowest BCUT2D eigenvalue weighted by atomic mass is 9.48. The third-order valence-corrected chi connectivity index (χ3v) is 9.65. The fourth-order valence-corrected chi connectivity index (χ4v) is 8.17. The van der Waals surface area contributed by atoms with Crippen molar-refractivity contribution >= 4 is 22.7 Å². The summed E-state index contributed by atoms with van der Waals surface area (Å²) in [5.74, 6) is 2.43. The van der Waals surface area contributed by atoms with E-state index in [0.717, 1.165) is 60.7 Å². The van der Waals surface area contributed by atoms with E-state index in [1.54, 1.807) is 0 Å². The zero-order valence-corrected chi connectivity index (χ0v) is 20.9. The number of carbonyl (C=O) groups excluding carboxylic acids is 2. The molecule has 1 aromatic carbocycles. The molecule has 5 aliphatic carbocycles. The number of carbonyl (C=O) groups is 2. The molecule has 0 spiro atoms. The molecule has 1 unspecified atom stereocenters. The fourth-order valence-electron chi connectivity index (χ4n) is 8.17. The summed E-state index contributed by atoms with van der Waals surface area (Å²) >= 11 is 0. The first-order valence-electron chi connectivity index (χ1n) is 13.3. The van der Waals surface area contributed by atoms with Crippen LogP contribution in [0.15, 0.2) is 24.3 Å². The number of pyridine rings is 1. The summed E-state index contributed by atoms with van der Waals surface area (Å²) in [6.07, 6.45) is 9.74. The number of Topliss-reactive ketones (excluding diaryl/α,β-unsaturated/α-hetero) is 1. The van der Waals surface area contributed by atoms with Gasteiger partial charge in [0.15, 0.2) is 12.4 Å². The molecule has 2 aromatic rings. The number of benzene rings is 1. The molecule has 0 radical (unpaired) electrons. The zero-order chi connectivity index (χ0) is 23.7. The van der Waals surface area contributed by atoms with Gasteiger partial charge in [-0.05, 0) is 98.5 Å². The van der Waals surface area contributed by atoms with E-state index >= 15 is 0 Å². The number of nitrogens with zero attached hydrogens (tertiary/aromatic N) is 1. The highest BCUT2D eigenvalue weighted by Gasteiger charge is 2.54. The largest absolute Gasteiger partial charge is 0.454 e. The Morgan fingerprint density at radius 1 is 1.03 bits per heavy atom. The molecule has 1 atom stereocenters. The van der Waals surface area contributed by atoms with Crippen LogP contribution < -0.4 is 0 Å². The number of hydrogen-bond acceptors (Lipinski definition) is 4.